The van der Waals surface area contributed by atoms with Gasteiger partial charge in [-0.3, -0.25) is 9.59 Å². The monoisotopic (exact) mass is 350 g/mol. The van der Waals surface area contributed by atoms with Crippen LogP contribution in [0, 0.1) is 6.92 Å². The van der Waals surface area contributed by atoms with Crippen LogP contribution in [0.4, 0.5) is 0 Å². The normalized spacial score (nSPS) is 12.2. The fraction of sp³-hybridized carbons (Fsp3) is 0.105. The van der Waals surface area contributed by atoms with Gasteiger partial charge < -0.3 is 8.98 Å². The molecule has 0 saturated carbocycles. The number of carbonyl (C=O) groups is 1. The first kappa shape index (κ1) is 15.5. The van der Waals surface area contributed by atoms with E-state index in [4.69, 9.17) is 4.42 Å². The van der Waals surface area contributed by atoms with E-state index in [0.717, 1.165) is 15.8 Å². The van der Waals surface area contributed by atoms with Gasteiger partial charge in [-0.25, -0.2) is 0 Å². The molecule has 5 nitrogen and oxygen atoms in total. The SMILES string of the molecule is Cc1ccc2c(c1)sc(=NC(=O)c1coc3ccccc3c1=O)n2C. The number of hydrogen-bond donors (Lipinski definition) is 0. The van der Waals surface area contributed by atoms with Crippen molar-refractivity contribution in [2.75, 3.05) is 0 Å². The Hall–Kier alpha value is -2.99. The maximum Gasteiger partial charge on any atom is 0.286 e. The Bertz CT molecular complexity index is 1260. The third kappa shape index (κ3) is 2.60. The number of aromatic nitrogens is 1. The number of aryl methyl sites for hydroxylation is 2. The summed E-state index contributed by atoms with van der Waals surface area (Å²) in [7, 11) is 1.85. The van der Waals surface area contributed by atoms with Gasteiger partial charge in [-0.15, -0.1) is 0 Å². The fourth-order valence-electron chi connectivity index (χ4n) is 2.72. The summed E-state index contributed by atoms with van der Waals surface area (Å²) in [6.07, 6.45) is 1.19. The van der Waals surface area contributed by atoms with Crippen molar-refractivity contribution in [2.24, 2.45) is 12.0 Å². The second-order valence-corrected chi connectivity index (χ2v) is 6.82. The Balaban J connectivity index is 1.87. The zero-order valence-corrected chi connectivity index (χ0v) is 14.5. The average molecular weight is 350 g/mol. The quantitative estimate of drug-likeness (QED) is 0.528. The van der Waals surface area contributed by atoms with Crippen molar-refractivity contribution < 1.29 is 9.21 Å². The molecule has 0 aliphatic rings. The lowest BCUT2D eigenvalue weighted by Crippen LogP contribution is -2.18. The molecule has 2 heterocycles. The number of para-hydroxylation sites is 1. The predicted octanol–water partition coefficient (Wildman–Crippen LogP) is 3.40. The highest BCUT2D eigenvalue weighted by atomic mass is 32.1. The lowest BCUT2D eigenvalue weighted by atomic mass is 10.2. The van der Waals surface area contributed by atoms with Crippen LogP contribution in [-0.4, -0.2) is 10.5 Å². The minimum atomic E-state index is -0.599. The number of benzene rings is 2. The molecule has 2 aromatic carbocycles. The van der Waals surface area contributed by atoms with Gasteiger partial charge in [0, 0.05) is 7.05 Å². The van der Waals surface area contributed by atoms with E-state index in [1.165, 1.54) is 17.6 Å². The Morgan fingerprint density at radius 3 is 2.84 bits per heavy atom. The average Bonchev–Trinajstić information content (AvgIpc) is 2.90. The lowest BCUT2D eigenvalue weighted by Gasteiger charge is -1.98. The Labute approximate surface area is 146 Å². The van der Waals surface area contributed by atoms with Crippen molar-refractivity contribution in [3.05, 3.63) is 74.9 Å². The molecule has 1 amide bonds. The number of carbonyl (C=O) groups excluding carboxylic acids is 1. The summed E-state index contributed by atoms with van der Waals surface area (Å²) in [5, 5.41) is 0.375. The second kappa shape index (κ2) is 5.82. The van der Waals surface area contributed by atoms with Gasteiger partial charge in [0.15, 0.2) is 4.80 Å². The largest absolute Gasteiger partial charge is 0.463 e. The van der Waals surface area contributed by atoms with E-state index in [0.29, 0.717) is 15.8 Å². The minimum absolute atomic E-state index is 0.0627. The van der Waals surface area contributed by atoms with Gasteiger partial charge >= 0.3 is 0 Å². The summed E-state index contributed by atoms with van der Waals surface area (Å²) in [5.41, 5.74) is 2.16. The van der Waals surface area contributed by atoms with Gasteiger partial charge in [-0.1, -0.05) is 29.5 Å². The van der Waals surface area contributed by atoms with Crippen molar-refractivity contribution in [1.29, 1.82) is 0 Å². The topological polar surface area (TPSA) is 64.6 Å². The van der Waals surface area contributed by atoms with Crippen LogP contribution in [0.1, 0.15) is 15.9 Å². The number of fused-ring (bicyclic) bond motifs is 2. The molecule has 0 N–H and O–H groups in total. The summed E-state index contributed by atoms with van der Waals surface area (Å²) in [5.74, 6) is -0.599. The molecule has 25 heavy (non-hydrogen) atoms. The highest BCUT2D eigenvalue weighted by molar-refractivity contribution is 7.16. The molecule has 0 aliphatic heterocycles. The summed E-state index contributed by atoms with van der Waals surface area (Å²) in [4.78, 5) is 29.7. The molecule has 2 aromatic heterocycles. The fourth-order valence-corrected chi connectivity index (χ4v) is 3.84. The molecular weight excluding hydrogens is 336 g/mol. The molecule has 0 saturated heterocycles. The zero-order valence-electron chi connectivity index (χ0n) is 13.6. The highest BCUT2D eigenvalue weighted by Crippen LogP contribution is 2.18. The lowest BCUT2D eigenvalue weighted by molar-refractivity contribution is 0.0995. The van der Waals surface area contributed by atoms with Gasteiger partial charge in [-0.05, 0) is 36.8 Å². The number of hydrogen-bond acceptors (Lipinski definition) is 4. The summed E-state index contributed by atoms with van der Waals surface area (Å²) < 4.78 is 8.29. The summed E-state index contributed by atoms with van der Waals surface area (Å²) in [6, 6.07) is 12.9. The predicted molar refractivity (Wildman–Crippen MR) is 97.9 cm³/mol. The summed E-state index contributed by atoms with van der Waals surface area (Å²) >= 11 is 1.41. The molecular formula is C19H14N2O3S. The van der Waals surface area contributed by atoms with Crippen LogP contribution in [-0.2, 0) is 7.05 Å². The molecule has 6 heteroatoms. The van der Waals surface area contributed by atoms with E-state index in [9.17, 15) is 9.59 Å². The van der Waals surface area contributed by atoms with Crippen molar-refractivity contribution in [3.8, 4) is 0 Å². The number of amides is 1. The molecule has 0 bridgehead atoms. The van der Waals surface area contributed by atoms with Gasteiger partial charge in [0.25, 0.3) is 5.91 Å². The zero-order chi connectivity index (χ0) is 17.6. The van der Waals surface area contributed by atoms with Crippen LogP contribution in [0.25, 0.3) is 21.2 Å². The first-order chi connectivity index (χ1) is 12.0. The Morgan fingerprint density at radius 2 is 2.00 bits per heavy atom. The number of rotatable bonds is 1. The van der Waals surface area contributed by atoms with Gasteiger partial charge in [0.1, 0.15) is 17.4 Å². The van der Waals surface area contributed by atoms with Crippen LogP contribution < -0.4 is 10.2 Å². The van der Waals surface area contributed by atoms with E-state index < -0.39 is 5.91 Å². The van der Waals surface area contributed by atoms with Crippen molar-refractivity contribution in [3.63, 3.8) is 0 Å². The van der Waals surface area contributed by atoms with E-state index in [1.54, 1.807) is 24.3 Å². The number of nitrogens with zero attached hydrogens (tertiary/aromatic N) is 2. The van der Waals surface area contributed by atoms with Crippen LogP contribution in [0.2, 0.25) is 0 Å². The van der Waals surface area contributed by atoms with Crippen molar-refractivity contribution in [1.82, 2.24) is 4.57 Å². The van der Waals surface area contributed by atoms with Crippen LogP contribution in [0.5, 0.6) is 0 Å². The standard InChI is InChI=1S/C19H14N2O3S/c1-11-7-8-14-16(9-11)25-19(21(14)2)20-18(23)13-10-24-15-6-4-3-5-12(15)17(13)22/h3-10H,1-2H3. The van der Waals surface area contributed by atoms with Gasteiger partial charge in [-0.2, -0.15) is 4.99 Å². The van der Waals surface area contributed by atoms with E-state index >= 15 is 0 Å². The summed E-state index contributed by atoms with van der Waals surface area (Å²) in [6.45, 7) is 2.02. The maximum atomic E-state index is 12.5. The van der Waals surface area contributed by atoms with Crippen LogP contribution in [0.3, 0.4) is 0 Å². The van der Waals surface area contributed by atoms with E-state index in [1.807, 2.05) is 36.7 Å². The first-order valence-corrected chi connectivity index (χ1v) is 8.52. The molecule has 0 unspecified atom stereocenters. The third-order valence-corrected chi connectivity index (χ3v) is 5.17. The first-order valence-electron chi connectivity index (χ1n) is 7.70. The third-order valence-electron chi connectivity index (χ3n) is 4.07. The molecule has 4 aromatic rings. The van der Waals surface area contributed by atoms with Crippen molar-refractivity contribution in [2.45, 2.75) is 6.92 Å². The Kier molecular flexibility index (Phi) is 3.62. The van der Waals surface area contributed by atoms with Crippen LogP contribution >= 0.6 is 11.3 Å². The molecule has 0 spiro atoms. The molecule has 0 atom stereocenters. The maximum absolute atomic E-state index is 12.5. The Morgan fingerprint density at radius 1 is 1.20 bits per heavy atom. The molecule has 0 fully saturated rings. The molecule has 0 radical (unpaired) electrons. The van der Waals surface area contributed by atoms with E-state index in [-0.39, 0.29) is 11.0 Å². The van der Waals surface area contributed by atoms with Gasteiger partial charge in [0.2, 0.25) is 5.43 Å². The minimum Gasteiger partial charge on any atom is -0.463 e. The van der Waals surface area contributed by atoms with Gasteiger partial charge in [0.05, 0.1) is 15.6 Å². The molecule has 4 rings (SSSR count). The highest BCUT2D eigenvalue weighted by Gasteiger charge is 2.14. The molecule has 124 valence electrons. The molecule has 0 aliphatic carbocycles. The van der Waals surface area contributed by atoms with E-state index in [2.05, 4.69) is 4.99 Å². The smallest absolute Gasteiger partial charge is 0.286 e. The van der Waals surface area contributed by atoms with Crippen LogP contribution in [0.15, 0.2) is 62.9 Å². The second-order valence-electron chi connectivity index (χ2n) is 5.81. The number of thiazole rings is 1. The van der Waals surface area contributed by atoms with Crippen molar-refractivity contribution >= 4 is 38.4 Å².